The summed E-state index contributed by atoms with van der Waals surface area (Å²) in [5, 5.41) is 3.77. The average molecular weight is 407 g/mol. The van der Waals surface area contributed by atoms with Crippen molar-refractivity contribution < 1.29 is 14.3 Å². The van der Waals surface area contributed by atoms with Crippen molar-refractivity contribution in [2.75, 3.05) is 25.5 Å². The molecule has 0 spiro atoms. The van der Waals surface area contributed by atoms with E-state index in [9.17, 15) is 9.59 Å². The van der Waals surface area contributed by atoms with Crippen LogP contribution in [0.25, 0.3) is 0 Å². The van der Waals surface area contributed by atoms with Crippen LogP contribution in [0.2, 0.25) is 10.0 Å². The average Bonchev–Trinajstić information content (AvgIpc) is 2.69. The Hall–Kier alpha value is -2.24. The summed E-state index contributed by atoms with van der Waals surface area (Å²) in [5.74, 6) is 0.437. The maximum absolute atomic E-state index is 12.6. The first-order valence-corrected chi connectivity index (χ1v) is 9.43. The van der Waals surface area contributed by atoms with Gasteiger partial charge in [0.05, 0.1) is 17.8 Å². The number of nitrogens with one attached hydrogen (secondary N) is 1. The number of likely N-dealkylation sites (tertiary alicyclic amines) is 1. The number of piperidine rings is 1. The Morgan fingerprint density at radius 2 is 1.74 bits per heavy atom. The van der Waals surface area contributed by atoms with Crippen LogP contribution >= 0.6 is 23.2 Å². The Balaban J connectivity index is 1.56. The predicted molar refractivity (Wildman–Crippen MR) is 107 cm³/mol. The van der Waals surface area contributed by atoms with Gasteiger partial charge in [-0.05, 0) is 55.3 Å². The van der Waals surface area contributed by atoms with Crippen molar-refractivity contribution in [3.63, 3.8) is 0 Å². The summed E-state index contributed by atoms with van der Waals surface area (Å²) in [4.78, 5) is 26.9. The lowest BCUT2D eigenvalue weighted by Crippen LogP contribution is -2.41. The molecule has 2 aromatic rings. The van der Waals surface area contributed by atoms with E-state index in [0.29, 0.717) is 53.0 Å². The molecule has 142 valence electrons. The molecule has 27 heavy (non-hydrogen) atoms. The molecule has 1 N–H and O–H groups in total. The largest absolute Gasteiger partial charge is 0.497 e. The van der Waals surface area contributed by atoms with Crippen molar-refractivity contribution >= 4 is 40.7 Å². The number of carbonyl (C=O) groups excluding carboxylic acids is 2. The van der Waals surface area contributed by atoms with Gasteiger partial charge in [0.25, 0.3) is 5.91 Å². The number of methoxy groups -OCH3 is 1. The fraction of sp³-hybridized carbons (Fsp3) is 0.300. The molecule has 1 aliphatic heterocycles. The van der Waals surface area contributed by atoms with Crippen molar-refractivity contribution in [2.24, 2.45) is 5.92 Å². The normalized spacial score (nSPS) is 14.7. The number of halogens is 2. The molecule has 0 saturated carbocycles. The molecule has 0 bridgehead atoms. The van der Waals surface area contributed by atoms with Crippen LogP contribution < -0.4 is 10.1 Å². The second-order valence-corrected chi connectivity index (χ2v) is 7.25. The quantitative estimate of drug-likeness (QED) is 0.813. The van der Waals surface area contributed by atoms with Crippen LogP contribution in [0.3, 0.4) is 0 Å². The molecule has 2 aromatic carbocycles. The number of ether oxygens (including phenoxy) is 1. The summed E-state index contributed by atoms with van der Waals surface area (Å²) < 4.78 is 5.11. The fourth-order valence-electron chi connectivity index (χ4n) is 3.09. The highest BCUT2D eigenvalue weighted by Crippen LogP contribution is 2.27. The molecule has 1 aliphatic rings. The minimum Gasteiger partial charge on any atom is -0.497 e. The second-order valence-electron chi connectivity index (χ2n) is 6.41. The number of hydrogen-bond donors (Lipinski definition) is 1. The zero-order chi connectivity index (χ0) is 19.4. The smallest absolute Gasteiger partial charge is 0.253 e. The molecule has 0 aromatic heterocycles. The van der Waals surface area contributed by atoms with Gasteiger partial charge in [0, 0.05) is 29.6 Å². The summed E-state index contributed by atoms with van der Waals surface area (Å²) in [6.45, 7) is 1.08. The number of rotatable bonds is 4. The Bertz CT molecular complexity index is 832. The zero-order valence-electron chi connectivity index (χ0n) is 14.9. The van der Waals surface area contributed by atoms with E-state index in [1.54, 1.807) is 54.5 Å². The van der Waals surface area contributed by atoms with E-state index in [2.05, 4.69) is 5.32 Å². The van der Waals surface area contributed by atoms with E-state index in [1.807, 2.05) is 0 Å². The van der Waals surface area contributed by atoms with Gasteiger partial charge >= 0.3 is 0 Å². The summed E-state index contributed by atoms with van der Waals surface area (Å²) in [5.41, 5.74) is 1.16. The Labute approximate surface area is 168 Å². The molecule has 3 rings (SSSR count). The van der Waals surface area contributed by atoms with E-state index in [-0.39, 0.29) is 17.7 Å². The van der Waals surface area contributed by atoms with Gasteiger partial charge in [-0.15, -0.1) is 0 Å². The SMILES string of the molecule is COc1ccc(C(=O)N2CCC(C(=O)Nc3ccc(Cl)cc3Cl)CC2)cc1. The standard InChI is InChI=1S/C20H20Cl2N2O3/c1-27-16-5-2-14(3-6-16)20(26)24-10-8-13(9-11-24)19(25)23-18-7-4-15(21)12-17(18)22/h2-7,12-13H,8-11H2,1H3,(H,23,25). The van der Waals surface area contributed by atoms with Crippen LogP contribution in [0.1, 0.15) is 23.2 Å². The number of hydrogen-bond acceptors (Lipinski definition) is 3. The number of benzene rings is 2. The number of amides is 2. The predicted octanol–water partition coefficient (Wildman–Crippen LogP) is 4.49. The van der Waals surface area contributed by atoms with E-state index in [4.69, 9.17) is 27.9 Å². The zero-order valence-corrected chi connectivity index (χ0v) is 16.4. The highest BCUT2D eigenvalue weighted by atomic mass is 35.5. The number of carbonyl (C=O) groups is 2. The molecule has 0 unspecified atom stereocenters. The minimum absolute atomic E-state index is 0.0303. The van der Waals surface area contributed by atoms with Crippen LogP contribution in [0.5, 0.6) is 5.75 Å². The first-order chi connectivity index (χ1) is 13.0. The Kier molecular flexibility index (Phi) is 6.24. The molecular weight excluding hydrogens is 387 g/mol. The van der Waals surface area contributed by atoms with Gasteiger partial charge in [-0.25, -0.2) is 0 Å². The van der Waals surface area contributed by atoms with Gasteiger partial charge in [-0.2, -0.15) is 0 Å². The lowest BCUT2D eigenvalue weighted by Gasteiger charge is -2.31. The maximum Gasteiger partial charge on any atom is 0.253 e. The maximum atomic E-state index is 12.6. The van der Waals surface area contributed by atoms with Crippen molar-refractivity contribution in [1.29, 1.82) is 0 Å². The summed E-state index contributed by atoms with van der Waals surface area (Å²) >= 11 is 12.0. The third-order valence-electron chi connectivity index (χ3n) is 4.68. The monoisotopic (exact) mass is 406 g/mol. The molecule has 7 heteroatoms. The van der Waals surface area contributed by atoms with Gasteiger partial charge in [0.1, 0.15) is 5.75 Å². The molecule has 2 amide bonds. The molecular formula is C20H20Cl2N2O3. The molecule has 1 saturated heterocycles. The van der Waals surface area contributed by atoms with Crippen LogP contribution in [-0.4, -0.2) is 36.9 Å². The summed E-state index contributed by atoms with van der Waals surface area (Å²) in [6.07, 6.45) is 1.22. The van der Waals surface area contributed by atoms with E-state index < -0.39 is 0 Å². The third-order valence-corrected chi connectivity index (χ3v) is 5.23. The van der Waals surface area contributed by atoms with Crippen molar-refractivity contribution in [3.8, 4) is 5.75 Å². The second kappa shape index (κ2) is 8.63. The molecule has 0 atom stereocenters. The number of nitrogens with zero attached hydrogens (tertiary/aromatic N) is 1. The van der Waals surface area contributed by atoms with Gasteiger partial charge in [-0.3, -0.25) is 9.59 Å². The van der Waals surface area contributed by atoms with Crippen molar-refractivity contribution in [1.82, 2.24) is 4.90 Å². The Morgan fingerprint density at radius 1 is 1.07 bits per heavy atom. The highest BCUT2D eigenvalue weighted by molar-refractivity contribution is 6.36. The van der Waals surface area contributed by atoms with Gasteiger partial charge in [0.2, 0.25) is 5.91 Å². The lowest BCUT2D eigenvalue weighted by molar-refractivity contribution is -0.121. The molecule has 5 nitrogen and oxygen atoms in total. The molecule has 0 radical (unpaired) electrons. The third kappa shape index (κ3) is 4.73. The summed E-state index contributed by atoms with van der Waals surface area (Å²) in [7, 11) is 1.59. The van der Waals surface area contributed by atoms with Gasteiger partial charge in [0.15, 0.2) is 0 Å². The highest BCUT2D eigenvalue weighted by Gasteiger charge is 2.28. The Morgan fingerprint density at radius 3 is 2.33 bits per heavy atom. The van der Waals surface area contributed by atoms with Crippen LogP contribution in [-0.2, 0) is 4.79 Å². The number of anilines is 1. The van der Waals surface area contributed by atoms with Crippen LogP contribution in [0.4, 0.5) is 5.69 Å². The minimum atomic E-state index is -0.156. The van der Waals surface area contributed by atoms with E-state index in [1.165, 1.54) is 0 Å². The summed E-state index contributed by atoms with van der Waals surface area (Å²) in [6, 6.07) is 12.0. The lowest BCUT2D eigenvalue weighted by atomic mass is 9.95. The molecule has 1 heterocycles. The topological polar surface area (TPSA) is 58.6 Å². The van der Waals surface area contributed by atoms with Crippen molar-refractivity contribution in [3.05, 3.63) is 58.1 Å². The van der Waals surface area contributed by atoms with Crippen LogP contribution in [0.15, 0.2) is 42.5 Å². The van der Waals surface area contributed by atoms with Gasteiger partial charge < -0.3 is 15.0 Å². The van der Waals surface area contributed by atoms with Crippen LogP contribution in [0, 0.1) is 5.92 Å². The van der Waals surface area contributed by atoms with Gasteiger partial charge in [-0.1, -0.05) is 23.2 Å². The fourth-order valence-corrected chi connectivity index (χ4v) is 3.54. The first-order valence-electron chi connectivity index (χ1n) is 8.67. The molecule has 1 fully saturated rings. The van der Waals surface area contributed by atoms with Crippen molar-refractivity contribution in [2.45, 2.75) is 12.8 Å². The van der Waals surface area contributed by atoms with E-state index in [0.717, 1.165) is 0 Å². The van der Waals surface area contributed by atoms with E-state index >= 15 is 0 Å². The first kappa shape index (κ1) is 19.5. The molecule has 0 aliphatic carbocycles.